The maximum atomic E-state index is 12.2. The third-order valence-corrected chi connectivity index (χ3v) is 4.46. The molecule has 1 fully saturated rings. The number of ether oxygens (including phenoxy) is 1. The number of nitrogens with one attached hydrogen (secondary N) is 1. The standard InChI is InChI=1S/C17H24N2O2/c20-17(13-21-12-14-4-3-8-18-10-14)19-9-7-15-5-1-2-6-16(15)11-19/h1-2,5-6,14,18H,3-4,7-13H2. The lowest BCUT2D eigenvalue weighted by Crippen LogP contribution is -2.39. The van der Waals surface area contributed by atoms with Crippen molar-refractivity contribution < 1.29 is 9.53 Å². The van der Waals surface area contributed by atoms with E-state index in [1.54, 1.807) is 0 Å². The van der Waals surface area contributed by atoms with Crippen LogP contribution in [0.5, 0.6) is 0 Å². The lowest BCUT2D eigenvalue weighted by Gasteiger charge is -2.29. The molecule has 3 rings (SSSR count). The van der Waals surface area contributed by atoms with E-state index in [9.17, 15) is 4.79 Å². The van der Waals surface area contributed by atoms with Crippen LogP contribution in [-0.4, -0.2) is 43.7 Å². The number of hydrogen-bond donors (Lipinski definition) is 1. The second-order valence-electron chi connectivity index (χ2n) is 6.06. The molecule has 4 heteroatoms. The van der Waals surface area contributed by atoms with Crippen molar-refractivity contribution in [2.24, 2.45) is 5.92 Å². The molecule has 2 aliphatic heterocycles. The molecule has 0 radical (unpaired) electrons. The average molecular weight is 288 g/mol. The summed E-state index contributed by atoms with van der Waals surface area (Å²) in [7, 11) is 0. The van der Waals surface area contributed by atoms with Gasteiger partial charge in [0.2, 0.25) is 5.91 Å². The number of carbonyl (C=O) groups excluding carboxylic acids is 1. The molecule has 1 aromatic carbocycles. The van der Waals surface area contributed by atoms with E-state index in [0.29, 0.717) is 12.5 Å². The minimum Gasteiger partial charge on any atom is -0.371 e. The molecule has 1 unspecified atom stereocenters. The number of rotatable bonds is 4. The van der Waals surface area contributed by atoms with Gasteiger partial charge in [-0.05, 0) is 42.9 Å². The highest BCUT2D eigenvalue weighted by Gasteiger charge is 2.21. The molecule has 1 saturated heterocycles. The summed E-state index contributed by atoms with van der Waals surface area (Å²) >= 11 is 0. The van der Waals surface area contributed by atoms with Crippen LogP contribution in [0.1, 0.15) is 24.0 Å². The topological polar surface area (TPSA) is 41.6 Å². The Bertz CT molecular complexity index is 483. The summed E-state index contributed by atoms with van der Waals surface area (Å²) in [6, 6.07) is 8.38. The van der Waals surface area contributed by atoms with Gasteiger partial charge in [0.25, 0.3) is 0 Å². The van der Waals surface area contributed by atoms with Crippen LogP contribution < -0.4 is 5.32 Å². The molecule has 21 heavy (non-hydrogen) atoms. The van der Waals surface area contributed by atoms with Crippen LogP contribution in [0.3, 0.4) is 0 Å². The third kappa shape index (κ3) is 3.83. The van der Waals surface area contributed by atoms with E-state index in [1.807, 2.05) is 11.0 Å². The van der Waals surface area contributed by atoms with Gasteiger partial charge in [0.1, 0.15) is 6.61 Å². The quantitative estimate of drug-likeness (QED) is 0.915. The summed E-state index contributed by atoms with van der Waals surface area (Å²) in [5.74, 6) is 0.682. The van der Waals surface area contributed by atoms with Crippen molar-refractivity contribution in [3.05, 3.63) is 35.4 Å². The zero-order chi connectivity index (χ0) is 14.5. The van der Waals surface area contributed by atoms with Gasteiger partial charge in [-0.1, -0.05) is 24.3 Å². The minimum atomic E-state index is 0.119. The molecular formula is C17H24N2O2. The van der Waals surface area contributed by atoms with E-state index in [2.05, 4.69) is 23.5 Å². The average Bonchev–Trinajstić information content (AvgIpc) is 2.55. The molecule has 0 aromatic heterocycles. The molecule has 1 aromatic rings. The zero-order valence-electron chi connectivity index (χ0n) is 12.5. The normalized spacial score (nSPS) is 21.9. The van der Waals surface area contributed by atoms with E-state index < -0.39 is 0 Å². The molecular weight excluding hydrogens is 264 g/mol. The first-order chi connectivity index (χ1) is 10.3. The van der Waals surface area contributed by atoms with Gasteiger partial charge in [0, 0.05) is 19.6 Å². The van der Waals surface area contributed by atoms with Gasteiger partial charge in [-0.25, -0.2) is 0 Å². The monoisotopic (exact) mass is 288 g/mol. The molecule has 1 N–H and O–H groups in total. The second-order valence-corrected chi connectivity index (χ2v) is 6.06. The summed E-state index contributed by atoms with van der Waals surface area (Å²) in [6.07, 6.45) is 3.37. The number of amides is 1. The summed E-state index contributed by atoms with van der Waals surface area (Å²) in [6.45, 7) is 4.59. The van der Waals surface area contributed by atoms with Gasteiger partial charge < -0.3 is 15.0 Å². The fraction of sp³-hybridized carbons (Fsp3) is 0.588. The van der Waals surface area contributed by atoms with E-state index in [4.69, 9.17) is 4.74 Å². The van der Waals surface area contributed by atoms with Crippen LogP contribution in [0.2, 0.25) is 0 Å². The van der Waals surface area contributed by atoms with Crippen molar-refractivity contribution in [1.29, 1.82) is 0 Å². The molecule has 0 aliphatic carbocycles. The molecule has 1 atom stereocenters. The maximum Gasteiger partial charge on any atom is 0.248 e. The maximum absolute atomic E-state index is 12.2. The van der Waals surface area contributed by atoms with Crippen LogP contribution >= 0.6 is 0 Å². The second kappa shape index (κ2) is 7.05. The molecule has 4 nitrogen and oxygen atoms in total. The van der Waals surface area contributed by atoms with Crippen molar-refractivity contribution in [2.75, 3.05) is 32.8 Å². The molecule has 0 spiro atoms. The smallest absolute Gasteiger partial charge is 0.248 e. The Morgan fingerprint density at radius 1 is 1.33 bits per heavy atom. The van der Waals surface area contributed by atoms with Crippen molar-refractivity contribution in [2.45, 2.75) is 25.8 Å². The summed E-state index contributed by atoms with van der Waals surface area (Å²) in [5, 5.41) is 3.37. The molecule has 114 valence electrons. The fourth-order valence-electron chi connectivity index (χ4n) is 3.18. The molecule has 0 bridgehead atoms. The van der Waals surface area contributed by atoms with Crippen molar-refractivity contribution in [3.63, 3.8) is 0 Å². The van der Waals surface area contributed by atoms with Gasteiger partial charge in [-0.2, -0.15) is 0 Å². The molecule has 1 amide bonds. The number of hydrogen-bond acceptors (Lipinski definition) is 3. The van der Waals surface area contributed by atoms with Crippen LogP contribution in [0.15, 0.2) is 24.3 Å². The van der Waals surface area contributed by atoms with Gasteiger partial charge in [0.05, 0.1) is 6.61 Å². The molecule has 0 saturated carbocycles. The van der Waals surface area contributed by atoms with Gasteiger partial charge in [-0.3, -0.25) is 4.79 Å². The highest BCUT2D eigenvalue weighted by atomic mass is 16.5. The SMILES string of the molecule is O=C(COCC1CCCNC1)N1CCc2ccccc2C1. The predicted octanol–water partition coefficient (Wildman–Crippen LogP) is 1.59. The van der Waals surface area contributed by atoms with Crippen LogP contribution in [-0.2, 0) is 22.5 Å². The Hall–Kier alpha value is -1.39. The van der Waals surface area contributed by atoms with Crippen molar-refractivity contribution in [1.82, 2.24) is 10.2 Å². The first kappa shape index (κ1) is 14.5. The first-order valence-corrected chi connectivity index (χ1v) is 7.96. The van der Waals surface area contributed by atoms with Gasteiger partial charge in [-0.15, -0.1) is 0 Å². The van der Waals surface area contributed by atoms with Gasteiger partial charge >= 0.3 is 0 Å². The third-order valence-electron chi connectivity index (χ3n) is 4.46. The number of fused-ring (bicyclic) bond motifs is 1. The van der Waals surface area contributed by atoms with E-state index in [-0.39, 0.29) is 12.5 Å². The largest absolute Gasteiger partial charge is 0.371 e. The predicted molar refractivity (Wildman–Crippen MR) is 82.0 cm³/mol. The van der Waals surface area contributed by atoms with E-state index in [1.165, 1.54) is 24.0 Å². The Morgan fingerprint density at radius 3 is 3.00 bits per heavy atom. The van der Waals surface area contributed by atoms with E-state index >= 15 is 0 Å². The summed E-state index contributed by atoms with van der Waals surface area (Å²) in [5.41, 5.74) is 2.64. The highest BCUT2D eigenvalue weighted by Crippen LogP contribution is 2.18. The lowest BCUT2D eigenvalue weighted by molar-refractivity contribution is -0.137. The minimum absolute atomic E-state index is 0.119. The summed E-state index contributed by atoms with van der Waals surface area (Å²) < 4.78 is 5.64. The van der Waals surface area contributed by atoms with Crippen molar-refractivity contribution >= 4 is 5.91 Å². The van der Waals surface area contributed by atoms with Crippen LogP contribution in [0.4, 0.5) is 0 Å². The Balaban J connectivity index is 1.44. The highest BCUT2D eigenvalue weighted by molar-refractivity contribution is 5.77. The fourth-order valence-corrected chi connectivity index (χ4v) is 3.18. The lowest BCUT2D eigenvalue weighted by atomic mass is 10.00. The summed E-state index contributed by atoms with van der Waals surface area (Å²) in [4.78, 5) is 14.2. The Kier molecular flexibility index (Phi) is 4.88. The first-order valence-electron chi connectivity index (χ1n) is 7.96. The zero-order valence-corrected chi connectivity index (χ0v) is 12.5. The van der Waals surface area contributed by atoms with Crippen LogP contribution in [0.25, 0.3) is 0 Å². The number of nitrogens with zero attached hydrogens (tertiary/aromatic N) is 1. The Morgan fingerprint density at radius 2 is 2.19 bits per heavy atom. The Labute approximate surface area is 126 Å². The number of carbonyl (C=O) groups is 1. The molecule has 2 heterocycles. The molecule has 2 aliphatic rings. The van der Waals surface area contributed by atoms with E-state index in [0.717, 1.165) is 32.6 Å². The number of benzene rings is 1. The number of piperidine rings is 1. The van der Waals surface area contributed by atoms with Gasteiger partial charge in [0.15, 0.2) is 0 Å². The van der Waals surface area contributed by atoms with Crippen molar-refractivity contribution in [3.8, 4) is 0 Å². The van der Waals surface area contributed by atoms with Crippen LogP contribution in [0, 0.1) is 5.92 Å².